The fourth-order valence-electron chi connectivity index (χ4n) is 3.27. The molecule has 23 heavy (non-hydrogen) atoms. The lowest BCUT2D eigenvalue weighted by Crippen LogP contribution is -2.36. The molecule has 3 aromatic rings. The van der Waals surface area contributed by atoms with E-state index >= 15 is 0 Å². The molecular weight excluding hydrogens is 352 g/mol. The van der Waals surface area contributed by atoms with Gasteiger partial charge >= 0.3 is 0 Å². The molecule has 2 aromatic carbocycles. The predicted molar refractivity (Wildman–Crippen MR) is 95.3 cm³/mol. The van der Waals surface area contributed by atoms with Crippen LogP contribution in [-0.4, -0.2) is 22.3 Å². The van der Waals surface area contributed by atoms with Crippen LogP contribution in [0, 0.1) is 0 Å². The number of rotatable bonds is 2. The number of benzene rings is 2. The van der Waals surface area contributed by atoms with Crippen LogP contribution in [0.25, 0.3) is 10.9 Å². The Morgan fingerprint density at radius 3 is 2.74 bits per heavy atom. The predicted octanol–water partition coefficient (Wildman–Crippen LogP) is 4.06. The van der Waals surface area contributed by atoms with Crippen molar-refractivity contribution in [3.8, 4) is 0 Å². The molecule has 2 heterocycles. The molecule has 0 spiro atoms. The molecule has 1 aliphatic rings. The SMILES string of the molecule is O=C(Cc1ccc(Br)cc1)N1CCc2[nH]c3ccccc3c2C1. The summed E-state index contributed by atoms with van der Waals surface area (Å²) in [7, 11) is 0. The summed E-state index contributed by atoms with van der Waals surface area (Å²) in [6.07, 6.45) is 1.36. The van der Waals surface area contributed by atoms with Crippen LogP contribution in [0.4, 0.5) is 0 Å². The second kappa shape index (κ2) is 5.85. The van der Waals surface area contributed by atoms with E-state index in [9.17, 15) is 4.79 Å². The molecule has 0 atom stereocenters. The minimum absolute atomic E-state index is 0.197. The normalized spacial score (nSPS) is 14.0. The molecule has 116 valence electrons. The van der Waals surface area contributed by atoms with Gasteiger partial charge in [-0.3, -0.25) is 4.79 Å². The van der Waals surface area contributed by atoms with E-state index in [-0.39, 0.29) is 5.91 Å². The van der Waals surface area contributed by atoms with Crippen LogP contribution in [0.3, 0.4) is 0 Å². The highest BCUT2D eigenvalue weighted by molar-refractivity contribution is 9.10. The van der Waals surface area contributed by atoms with Crippen molar-refractivity contribution in [2.45, 2.75) is 19.4 Å². The van der Waals surface area contributed by atoms with Crippen molar-refractivity contribution < 1.29 is 4.79 Å². The summed E-state index contributed by atoms with van der Waals surface area (Å²) in [6.45, 7) is 1.49. The van der Waals surface area contributed by atoms with Gasteiger partial charge in [-0.05, 0) is 23.8 Å². The van der Waals surface area contributed by atoms with Gasteiger partial charge in [0.05, 0.1) is 6.42 Å². The lowest BCUT2D eigenvalue weighted by atomic mass is 10.0. The Balaban J connectivity index is 1.55. The van der Waals surface area contributed by atoms with Crippen molar-refractivity contribution in [3.63, 3.8) is 0 Å². The molecule has 0 saturated carbocycles. The summed E-state index contributed by atoms with van der Waals surface area (Å²) in [5.41, 5.74) is 4.78. The largest absolute Gasteiger partial charge is 0.358 e. The van der Waals surface area contributed by atoms with E-state index in [0.29, 0.717) is 13.0 Å². The van der Waals surface area contributed by atoms with Crippen molar-refractivity contribution in [1.29, 1.82) is 0 Å². The number of nitrogens with one attached hydrogen (secondary N) is 1. The van der Waals surface area contributed by atoms with Crippen LogP contribution in [-0.2, 0) is 24.2 Å². The fourth-order valence-corrected chi connectivity index (χ4v) is 3.53. The first-order chi connectivity index (χ1) is 11.2. The van der Waals surface area contributed by atoms with Crippen molar-refractivity contribution in [1.82, 2.24) is 9.88 Å². The molecule has 0 bridgehead atoms. The summed E-state index contributed by atoms with van der Waals surface area (Å²) in [5.74, 6) is 0.197. The minimum Gasteiger partial charge on any atom is -0.358 e. The fraction of sp³-hybridized carbons (Fsp3) is 0.211. The highest BCUT2D eigenvalue weighted by Gasteiger charge is 2.23. The Kier molecular flexibility index (Phi) is 3.69. The van der Waals surface area contributed by atoms with Gasteiger partial charge in [0.2, 0.25) is 5.91 Å². The van der Waals surface area contributed by atoms with Gasteiger partial charge in [0.1, 0.15) is 0 Å². The van der Waals surface area contributed by atoms with Crippen molar-refractivity contribution >= 4 is 32.7 Å². The molecule has 1 aromatic heterocycles. The molecule has 0 radical (unpaired) electrons. The number of hydrogen-bond acceptors (Lipinski definition) is 1. The monoisotopic (exact) mass is 368 g/mol. The third-order valence-electron chi connectivity index (χ3n) is 4.50. The van der Waals surface area contributed by atoms with Gasteiger partial charge in [-0.2, -0.15) is 0 Å². The Labute approximate surface area is 143 Å². The summed E-state index contributed by atoms with van der Waals surface area (Å²) < 4.78 is 1.04. The third-order valence-corrected chi connectivity index (χ3v) is 5.03. The Morgan fingerprint density at radius 1 is 1.13 bits per heavy atom. The number of hydrogen-bond donors (Lipinski definition) is 1. The maximum atomic E-state index is 12.6. The average molecular weight is 369 g/mol. The van der Waals surface area contributed by atoms with Gasteiger partial charge in [0.25, 0.3) is 0 Å². The first kappa shape index (κ1) is 14.5. The number of nitrogens with zero attached hydrogens (tertiary/aromatic N) is 1. The van der Waals surface area contributed by atoms with E-state index in [1.54, 1.807) is 0 Å². The molecule has 0 aliphatic carbocycles. The first-order valence-electron chi connectivity index (χ1n) is 7.81. The van der Waals surface area contributed by atoms with Crippen LogP contribution in [0.1, 0.15) is 16.8 Å². The number of para-hydroxylation sites is 1. The maximum Gasteiger partial charge on any atom is 0.227 e. The maximum absolute atomic E-state index is 12.6. The molecule has 1 aliphatic heterocycles. The zero-order chi connectivity index (χ0) is 15.8. The zero-order valence-electron chi connectivity index (χ0n) is 12.7. The van der Waals surface area contributed by atoms with E-state index in [0.717, 1.165) is 23.0 Å². The van der Waals surface area contributed by atoms with E-state index in [1.165, 1.54) is 22.2 Å². The summed E-state index contributed by atoms with van der Waals surface area (Å²) in [6, 6.07) is 16.3. The number of carbonyl (C=O) groups excluding carboxylic acids is 1. The molecule has 1 N–H and O–H groups in total. The number of aromatic nitrogens is 1. The molecule has 0 unspecified atom stereocenters. The number of carbonyl (C=O) groups is 1. The topological polar surface area (TPSA) is 36.1 Å². The van der Waals surface area contributed by atoms with Gasteiger partial charge in [-0.1, -0.05) is 46.3 Å². The van der Waals surface area contributed by atoms with Crippen LogP contribution >= 0.6 is 15.9 Å². The number of fused-ring (bicyclic) bond motifs is 3. The van der Waals surface area contributed by atoms with Crippen LogP contribution in [0.2, 0.25) is 0 Å². The smallest absolute Gasteiger partial charge is 0.227 e. The lowest BCUT2D eigenvalue weighted by molar-refractivity contribution is -0.131. The number of aromatic amines is 1. The molecule has 1 amide bonds. The van der Waals surface area contributed by atoms with E-state index in [2.05, 4.69) is 39.1 Å². The Morgan fingerprint density at radius 2 is 1.91 bits per heavy atom. The lowest BCUT2D eigenvalue weighted by Gasteiger charge is -2.27. The highest BCUT2D eigenvalue weighted by Crippen LogP contribution is 2.27. The zero-order valence-corrected chi connectivity index (χ0v) is 14.3. The van der Waals surface area contributed by atoms with Gasteiger partial charge in [0.15, 0.2) is 0 Å². The van der Waals surface area contributed by atoms with Crippen molar-refractivity contribution in [2.75, 3.05) is 6.54 Å². The van der Waals surface area contributed by atoms with Crippen molar-refractivity contribution in [3.05, 3.63) is 69.8 Å². The third kappa shape index (κ3) is 2.79. The average Bonchev–Trinajstić information content (AvgIpc) is 2.94. The minimum atomic E-state index is 0.197. The van der Waals surface area contributed by atoms with Gasteiger partial charge in [-0.15, -0.1) is 0 Å². The van der Waals surface area contributed by atoms with Crippen LogP contribution in [0.15, 0.2) is 53.0 Å². The molecule has 0 fully saturated rings. The summed E-state index contributed by atoms with van der Waals surface area (Å²) in [4.78, 5) is 18.1. The Hall–Kier alpha value is -2.07. The highest BCUT2D eigenvalue weighted by atomic mass is 79.9. The van der Waals surface area contributed by atoms with Gasteiger partial charge in [-0.25, -0.2) is 0 Å². The van der Waals surface area contributed by atoms with Gasteiger partial charge in [0, 0.05) is 46.1 Å². The summed E-state index contributed by atoms with van der Waals surface area (Å²) in [5, 5.41) is 1.24. The van der Waals surface area contributed by atoms with E-state index < -0.39 is 0 Å². The number of H-pyrrole nitrogens is 1. The first-order valence-corrected chi connectivity index (χ1v) is 8.61. The standard InChI is InChI=1S/C19H17BrN2O/c20-14-7-5-13(6-8-14)11-19(23)22-10-9-18-16(12-22)15-3-1-2-4-17(15)21-18/h1-8,21H,9-12H2. The quantitative estimate of drug-likeness (QED) is 0.727. The molecule has 4 rings (SSSR count). The van der Waals surface area contributed by atoms with E-state index in [4.69, 9.17) is 0 Å². The Bertz CT molecular complexity index is 867. The van der Waals surface area contributed by atoms with Crippen LogP contribution in [0.5, 0.6) is 0 Å². The second-order valence-electron chi connectivity index (χ2n) is 6.00. The molecule has 0 saturated heterocycles. The van der Waals surface area contributed by atoms with Crippen LogP contribution < -0.4 is 0 Å². The van der Waals surface area contributed by atoms with Gasteiger partial charge < -0.3 is 9.88 Å². The molecule has 3 nitrogen and oxygen atoms in total. The van der Waals surface area contributed by atoms with E-state index in [1.807, 2.05) is 35.2 Å². The molecule has 4 heteroatoms. The molecular formula is C19H17BrN2O. The summed E-state index contributed by atoms with van der Waals surface area (Å²) >= 11 is 3.43. The van der Waals surface area contributed by atoms with Crippen molar-refractivity contribution in [2.24, 2.45) is 0 Å². The number of halogens is 1. The second-order valence-corrected chi connectivity index (χ2v) is 6.91. The number of amides is 1.